The number of barbiturate groups is 1. The van der Waals surface area contributed by atoms with E-state index in [0.29, 0.717) is 23.7 Å². The van der Waals surface area contributed by atoms with E-state index in [-0.39, 0.29) is 28.5 Å². The first-order valence-corrected chi connectivity index (χ1v) is 11.5. The van der Waals surface area contributed by atoms with Crippen molar-refractivity contribution in [2.24, 2.45) is 0 Å². The van der Waals surface area contributed by atoms with Gasteiger partial charge in [0.05, 0.1) is 22.9 Å². The van der Waals surface area contributed by atoms with Crippen molar-refractivity contribution in [2.75, 3.05) is 11.5 Å². The molecule has 10 heteroatoms. The molecule has 0 bridgehead atoms. The molecule has 9 nitrogen and oxygen atoms in total. The van der Waals surface area contributed by atoms with Crippen molar-refractivity contribution in [3.05, 3.63) is 94.0 Å². The van der Waals surface area contributed by atoms with Crippen molar-refractivity contribution in [1.82, 2.24) is 5.32 Å². The molecule has 2 N–H and O–H groups in total. The smallest absolute Gasteiger partial charge is 0.335 e. The molecule has 3 aromatic carbocycles. The lowest BCUT2D eigenvalue weighted by molar-refractivity contribution is -0.122. The number of ether oxygens (including phenoxy) is 2. The van der Waals surface area contributed by atoms with Gasteiger partial charge in [0.1, 0.15) is 23.7 Å². The number of carboxylic acid groups (broad SMARTS) is 1. The zero-order valence-corrected chi connectivity index (χ0v) is 20.3. The van der Waals surface area contributed by atoms with E-state index in [1.54, 1.807) is 48.5 Å². The Morgan fingerprint density at radius 3 is 2.32 bits per heavy atom. The number of hydrogen-bond acceptors (Lipinski definition) is 6. The van der Waals surface area contributed by atoms with Gasteiger partial charge < -0.3 is 14.6 Å². The SMILES string of the molecule is CCOc1ccc(N2C(=O)NC(=O)/C(=C\c3ccc(OCc4ccc(C(=O)O)cc4)c(Cl)c3)C2=O)cc1. The number of nitrogens with one attached hydrogen (secondary N) is 1. The number of urea groups is 1. The summed E-state index contributed by atoms with van der Waals surface area (Å²) < 4.78 is 11.1. The van der Waals surface area contributed by atoms with Gasteiger partial charge in [0, 0.05) is 0 Å². The van der Waals surface area contributed by atoms with Crippen LogP contribution < -0.4 is 19.7 Å². The number of hydrogen-bond donors (Lipinski definition) is 2. The van der Waals surface area contributed by atoms with Crippen LogP contribution in [0.25, 0.3) is 6.08 Å². The summed E-state index contributed by atoms with van der Waals surface area (Å²) in [4.78, 5) is 49.8. The first-order valence-electron chi connectivity index (χ1n) is 11.2. The molecule has 37 heavy (non-hydrogen) atoms. The summed E-state index contributed by atoms with van der Waals surface area (Å²) in [7, 11) is 0. The van der Waals surface area contributed by atoms with Crippen molar-refractivity contribution < 1.29 is 33.8 Å². The highest BCUT2D eigenvalue weighted by atomic mass is 35.5. The minimum absolute atomic E-state index is 0.153. The summed E-state index contributed by atoms with van der Waals surface area (Å²) in [5.74, 6) is -1.68. The van der Waals surface area contributed by atoms with E-state index >= 15 is 0 Å². The number of aromatic carboxylic acids is 1. The molecule has 0 aromatic heterocycles. The van der Waals surface area contributed by atoms with Crippen LogP contribution in [0.3, 0.4) is 0 Å². The Labute approximate surface area is 216 Å². The van der Waals surface area contributed by atoms with E-state index in [2.05, 4.69) is 5.32 Å². The van der Waals surface area contributed by atoms with Crippen molar-refractivity contribution in [3.8, 4) is 11.5 Å². The minimum Gasteiger partial charge on any atom is -0.494 e. The van der Waals surface area contributed by atoms with Gasteiger partial charge in [0.25, 0.3) is 11.8 Å². The van der Waals surface area contributed by atoms with Crippen LogP contribution in [0, 0.1) is 0 Å². The van der Waals surface area contributed by atoms with E-state index in [4.69, 9.17) is 26.2 Å². The standard InChI is InChI=1S/C27H21ClN2O7/c1-2-36-20-10-8-19(9-11-20)30-25(32)21(24(31)29-27(30)35)13-17-5-12-23(22(28)14-17)37-15-16-3-6-18(7-4-16)26(33)34/h3-14H,2,15H2,1H3,(H,33,34)(H,29,31,35)/b21-13+. The fourth-order valence-corrected chi connectivity index (χ4v) is 3.79. The Morgan fingerprint density at radius 2 is 1.70 bits per heavy atom. The van der Waals surface area contributed by atoms with Crippen molar-refractivity contribution in [2.45, 2.75) is 13.5 Å². The molecule has 4 amide bonds. The van der Waals surface area contributed by atoms with Crippen LogP contribution in [0.2, 0.25) is 5.02 Å². The Hall–Kier alpha value is -4.63. The molecule has 188 valence electrons. The molecule has 1 aliphatic rings. The summed E-state index contributed by atoms with van der Waals surface area (Å²) in [5.41, 5.74) is 1.40. The fraction of sp³-hybridized carbons (Fsp3) is 0.111. The zero-order chi connectivity index (χ0) is 26.5. The summed E-state index contributed by atoms with van der Waals surface area (Å²) in [6.45, 7) is 2.46. The van der Waals surface area contributed by atoms with Gasteiger partial charge in [-0.25, -0.2) is 14.5 Å². The van der Waals surface area contributed by atoms with Crippen LogP contribution in [-0.4, -0.2) is 35.5 Å². The van der Waals surface area contributed by atoms with E-state index in [0.717, 1.165) is 10.5 Å². The van der Waals surface area contributed by atoms with Gasteiger partial charge in [-0.05, 0) is 72.7 Å². The number of carbonyl (C=O) groups excluding carboxylic acids is 3. The number of amides is 4. The molecule has 1 heterocycles. The van der Waals surface area contributed by atoms with Crippen molar-refractivity contribution >= 4 is 47.2 Å². The largest absolute Gasteiger partial charge is 0.494 e. The lowest BCUT2D eigenvalue weighted by atomic mass is 10.1. The molecule has 1 aliphatic heterocycles. The van der Waals surface area contributed by atoms with E-state index in [9.17, 15) is 19.2 Å². The first-order chi connectivity index (χ1) is 17.8. The second-order valence-corrected chi connectivity index (χ2v) is 8.27. The molecular weight excluding hydrogens is 500 g/mol. The molecule has 1 saturated heterocycles. The van der Waals surface area contributed by atoms with Gasteiger partial charge in [0.15, 0.2) is 0 Å². The third-order valence-corrected chi connectivity index (χ3v) is 5.67. The summed E-state index contributed by atoms with van der Waals surface area (Å²) in [6, 6.07) is 16.4. The molecule has 0 atom stereocenters. The lowest BCUT2D eigenvalue weighted by Gasteiger charge is -2.26. The Bertz CT molecular complexity index is 1400. The first kappa shape index (κ1) is 25.5. The quantitative estimate of drug-likeness (QED) is 0.326. The van der Waals surface area contributed by atoms with Crippen LogP contribution in [0.15, 0.2) is 72.3 Å². The van der Waals surface area contributed by atoms with Gasteiger partial charge in [-0.15, -0.1) is 0 Å². The second kappa shape index (κ2) is 11.0. The van der Waals surface area contributed by atoms with E-state index < -0.39 is 23.8 Å². The van der Waals surface area contributed by atoms with Crippen molar-refractivity contribution in [3.63, 3.8) is 0 Å². The molecule has 4 rings (SSSR count). The fourth-order valence-electron chi connectivity index (χ4n) is 3.55. The molecule has 0 aliphatic carbocycles. The highest BCUT2D eigenvalue weighted by molar-refractivity contribution is 6.39. The van der Waals surface area contributed by atoms with E-state index in [1.807, 2.05) is 6.92 Å². The number of halogens is 1. The van der Waals surface area contributed by atoms with Crippen molar-refractivity contribution in [1.29, 1.82) is 0 Å². The summed E-state index contributed by atoms with van der Waals surface area (Å²) in [6.07, 6.45) is 1.34. The average Bonchev–Trinajstić information content (AvgIpc) is 2.87. The van der Waals surface area contributed by atoms with Crippen LogP contribution in [0.1, 0.15) is 28.4 Å². The van der Waals surface area contributed by atoms with Gasteiger partial charge >= 0.3 is 12.0 Å². The number of imide groups is 2. The molecule has 3 aromatic rings. The number of anilines is 1. The number of benzene rings is 3. The number of nitrogens with zero attached hydrogens (tertiary/aromatic N) is 1. The Kier molecular flexibility index (Phi) is 7.55. The predicted molar refractivity (Wildman–Crippen MR) is 136 cm³/mol. The molecule has 1 fully saturated rings. The average molecular weight is 521 g/mol. The highest BCUT2D eigenvalue weighted by Gasteiger charge is 2.36. The third kappa shape index (κ3) is 5.79. The lowest BCUT2D eigenvalue weighted by Crippen LogP contribution is -2.54. The third-order valence-electron chi connectivity index (χ3n) is 5.37. The zero-order valence-electron chi connectivity index (χ0n) is 19.6. The van der Waals surface area contributed by atoms with Crippen LogP contribution >= 0.6 is 11.6 Å². The van der Waals surface area contributed by atoms with E-state index in [1.165, 1.54) is 24.3 Å². The number of carboxylic acids is 1. The minimum atomic E-state index is -1.02. The summed E-state index contributed by atoms with van der Waals surface area (Å²) in [5, 5.41) is 11.4. The monoisotopic (exact) mass is 520 g/mol. The number of carbonyl (C=O) groups is 4. The highest BCUT2D eigenvalue weighted by Crippen LogP contribution is 2.29. The van der Waals surface area contributed by atoms with Crippen LogP contribution in [0.5, 0.6) is 11.5 Å². The molecule has 0 radical (unpaired) electrons. The predicted octanol–water partition coefficient (Wildman–Crippen LogP) is 4.68. The normalized spacial score (nSPS) is 14.5. The molecule has 0 unspecified atom stereocenters. The summed E-state index contributed by atoms with van der Waals surface area (Å²) >= 11 is 6.35. The maximum atomic E-state index is 13.1. The van der Waals surface area contributed by atoms with Gasteiger partial charge in [-0.2, -0.15) is 0 Å². The van der Waals surface area contributed by atoms with Crippen LogP contribution in [-0.2, 0) is 16.2 Å². The van der Waals surface area contributed by atoms with Gasteiger partial charge in [-0.1, -0.05) is 29.8 Å². The second-order valence-electron chi connectivity index (χ2n) is 7.87. The topological polar surface area (TPSA) is 122 Å². The Morgan fingerprint density at radius 1 is 1.00 bits per heavy atom. The van der Waals surface area contributed by atoms with Gasteiger partial charge in [0.2, 0.25) is 0 Å². The molecule has 0 saturated carbocycles. The molecular formula is C27H21ClN2O7. The Balaban J connectivity index is 1.51. The number of rotatable bonds is 8. The van der Waals surface area contributed by atoms with Crippen LogP contribution in [0.4, 0.5) is 10.5 Å². The maximum absolute atomic E-state index is 13.1. The molecule has 0 spiro atoms. The van der Waals surface area contributed by atoms with Gasteiger partial charge in [-0.3, -0.25) is 14.9 Å². The maximum Gasteiger partial charge on any atom is 0.335 e.